The number of rotatable bonds is 5. The van der Waals surface area contributed by atoms with Gasteiger partial charge in [0.05, 0.1) is 0 Å². The highest BCUT2D eigenvalue weighted by Crippen LogP contribution is 2.16. The van der Waals surface area contributed by atoms with Gasteiger partial charge in [0.2, 0.25) is 6.10 Å². The largest absolute Gasteiger partial charge is 0.381 e. The van der Waals surface area contributed by atoms with Crippen LogP contribution in [-0.4, -0.2) is 48.9 Å². The monoisotopic (exact) mass is 386 g/mol. The Balaban J connectivity index is 1.52. The number of nitrogens with zero attached hydrogens (tertiary/aromatic N) is 3. The molecule has 3 rings (SSSR count). The molecule has 2 N–H and O–H groups in total. The van der Waals surface area contributed by atoms with Gasteiger partial charge in [-0.25, -0.2) is 0 Å². The first-order valence-electron chi connectivity index (χ1n) is 8.88. The summed E-state index contributed by atoms with van der Waals surface area (Å²) in [6.45, 7) is 4.57. The molecule has 1 aliphatic heterocycles. The lowest BCUT2D eigenvalue weighted by Crippen LogP contribution is -2.51. The third-order valence-corrected chi connectivity index (χ3v) is 4.76. The summed E-state index contributed by atoms with van der Waals surface area (Å²) in [5.41, 5.74) is 7.77. The quantitative estimate of drug-likeness (QED) is 0.487. The van der Waals surface area contributed by atoms with E-state index >= 15 is 0 Å². The van der Waals surface area contributed by atoms with Gasteiger partial charge in [-0.1, -0.05) is 35.0 Å². The van der Waals surface area contributed by atoms with Crippen molar-refractivity contribution in [2.45, 2.75) is 13.0 Å². The first-order chi connectivity index (χ1) is 13.0. The molecule has 1 atom stereocenters. The number of halogens is 1. The van der Waals surface area contributed by atoms with Crippen LogP contribution >= 0.6 is 11.6 Å². The first kappa shape index (κ1) is 19.0. The van der Waals surface area contributed by atoms with Crippen LogP contribution in [0.1, 0.15) is 12.5 Å². The molecule has 0 spiro atoms. The number of oxime groups is 1. The fourth-order valence-electron chi connectivity index (χ4n) is 2.94. The molecule has 1 aliphatic rings. The molecule has 0 saturated carbocycles. The number of para-hydroxylation sites is 1. The minimum atomic E-state index is -0.695. The molecule has 2 aromatic rings. The van der Waals surface area contributed by atoms with Crippen LogP contribution in [0.3, 0.4) is 0 Å². The molecule has 1 saturated heterocycles. The summed E-state index contributed by atoms with van der Waals surface area (Å²) >= 11 is 5.86. The normalized spacial score (nSPS) is 16.1. The van der Waals surface area contributed by atoms with Crippen molar-refractivity contribution in [3.63, 3.8) is 0 Å². The Morgan fingerprint density at radius 3 is 2.33 bits per heavy atom. The SMILES string of the molecule is C[C@H](O/N=C(/N)c1ccc(Cl)cc1)C(=O)N1CCN(c2ccccc2)CC1. The number of piperazine rings is 1. The standard InChI is InChI=1S/C20H23ClN4O2/c1-15(27-23-19(22)16-7-9-17(21)10-8-16)20(26)25-13-11-24(12-14-25)18-5-3-2-4-6-18/h2-10,15H,11-14H2,1H3,(H2,22,23)/t15-/m0/s1. The number of benzene rings is 2. The zero-order valence-corrected chi connectivity index (χ0v) is 16.0. The number of amides is 1. The van der Waals surface area contributed by atoms with E-state index in [-0.39, 0.29) is 11.7 Å². The van der Waals surface area contributed by atoms with Crippen LogP contribution in [-0.2, 0) is 9.63 Å². The summed E-state index contributed by atoms with van der Waals surface area (Å²) in [5, 5.41) is 4.51. The second-order valence-electron chi connectivity index (χ2n) is 6.38. The lowest BCUT2D eigenvalue weighted by molar-refractivity contribution is -0.142. The fraction of sp³-hybridized carbons (Fsp3) is 0.300. The Morgan fingerprint density at radius 2 is 1.70 bits per heavy atom. The molecule has 0 radical (unpaired) electrons. The van der Waals surface area contributed by atoms with E-state index in [0.29, 0.717) is 23.7 Å². The average Bonchev–Trinajstić information content (AvgIpc) is 2.72. The van der Waals surface area contributed by atoms with Gasteiger partial charge in [-0.3, -0.25) is 4.79 Å². The molecule has 0 aliphatic carbocycles. The predicted molar refractivity (Wildman–Crippen MR) is 108 cm³/mol. The Bertz CT molecular complexity index is 787. The van der Waals surface area contributed by atoms with Gasteiger partial charge in [-0.15, -0.1) is 0 Å². The molecule has 0 aromatic heterocycles. The molecular formula is C20H23ClN4O2. The lowest BCUT2D eigenvalue weighted by Gasteiger charge is -2.36. The number of hydrogen-bond acceptors (Lipinski definition) is 4. The molecule has 1 amide bonds. The van der Waals surface area contributed by atoms with E-state index < -0.39 is 6.10 Å². The maximum atomic E-state index is 12.6. The zero-order chi connectivity index (χ0) is 19.2. The molecule has 0 unspecified atom stereocenters. The van der Waals surface area contributed by atoms with Gasteiger partial charge in [-0.05, 0) is 43.3 Å². The number of carbonyl (C=O) groups is 1. The third kappa shape index (κ3) is 4.92. The molecule has 1 heterocycles. The van der Waals surface area contributed by atoms with Crippen molar-refractivity contribution in [2.75, 3.05) is 31.1 Å². The van der Waals surface area contributed by atoms with Crippen LogP contribution in [0.25, 0.3) is 0 Å². The summed E-state index contributed by atoms with van der Waals surface area (Å²) in [6.07, 6.45) is -0.695. The predicted octanol–water partition coefficient (Wildman–Crippen LogP) is 2.71. The number of carbonyl (C=O) groups excluding carboxylic acids is 1. The number of hydrogen-bond donors (Lipinski definition) is 1. The lowest BCUT2D eigenvalue weighted by atomic mass is 10.2. The molecular weight excluding hydrogens is 364 g/mol. The van der Waals surface area contributed by atoms with Gasteiger partial charge in [0.15, 0.2) is 5.84 Å². The molecule has 27 heavy (non-hydrogen) atoms. The topological polar surface area (TPSA) is 71.2 Å². The summed E-state index contributed by atoms with van der Waals surface area (Å²) in [5.74, 6) is 0.121. The third-order valence-electron chi connectivity index (χ3n) is 4.51. The van der Waals surface area contributed by atoms with Gasteiger partial charge in [0, 0.05) is 42.5 Å². The molecule has 1 fully saturated rings. The van der Waals surface area contributed by atoms with Crippen molar-refractivity contribution in [1.29, 1.82) is 0 Å². The van der Waals surface area contributed by atoms with Crippen molar-refractivity contribution in [3.05, 3.63) is 65.2 Å². The Hall–Kier alpha value is -2.73. The van der Waals surface area contributed by atoms with E-state index in [4.69, 9.17) is 22.2 Å². The molecule has 6 nitrogen and oxygen atoms in total. The van der Waals surface area contributed by atoms with E-state index in [1.807, 2.05) is 18.2 Å². The summed E-state index contributed by atoms with van der Waals surface area (Å²) in [6, 6.07) is 17.1. The first-order valence-corrected chi connectivity index (χ1v) is 9.26. The maximum Gasteiger partial charge on any atom is 0.266 e. The summed E-state index contributed by atoms with van der Waals surface area (Å²) < 4.78 is 0. The summed E-state index contributed by atoms with van der Waals surface area (Å²) in [7, 11) is 0. The second-order valence-corrected chi connectivity index (χ2v) is 6.82. The van der Waals surface area contributed by atoms with Crippen LogP contribution in [0.5, 0.6) is 0 Å². The Labute approximate surface area is 164 Å². The van der Waals surface area contributed by atoms with Crippen molar-refractivity contribution >= 4 is 29.0 Å². The molecule has 7 heteroatoms. The second kappa shape index (κ2) is 8.77. The molecule has 2 aromatic carbocycles. The van der Waals surface area contributed by atoms with Gasteiger partial charge >= 0.3 is 0 Å². The zero-order valence-electron chi connectivity index (χ0n) is 15.2. The fourth-order valence-corrected chi connectivity index (χ4v) is 3.06. The average molecular weight is 387 g/mol. The van der Waals surface area contributed by atoms with E-state index in [9.17, 15) is 4.79 Å². The minimum absolute atomic E-state index is 0.0876. The van der Waals surface area contributed by atoms with Crippen molar-refractivity contribution in [2.24, 2.45) is 10.9 Å². The minimum Gasteiger partial charge on any atom is -0.381 e. The van der Waals surface area contributed by atoms with Crippen molar-refractivity contribution in [1.82, 2.24) is 4.90 Å². The number of nitrogens with two attached hydrogens (primary N) is 1. The Morgan fingerprint density at radius 1 is 1.07 bits per heavy atom. The van der Waals surface area contributed by atoms with Crippen molar-refractivity contribution in [3.8, 4) is 0 Å². The van der Waals surface area contributed by atoms with Gasteiger partial charge < -0.3 is 20.4 Å². The molecule has 142 valence electrons. The van der Waals surface area contributed by atoms with Crippen LogP contribution in [0.2, 0.25) is 5.02 Å². The number of amidine groups is 1. The smallest absolute Gasteiger partial charge is 0.266 e. The van der Waals surface area contributed by atoms with E-state index in [2.05, 4.69) is 22.2 Å². The molecule has 0 bridgehead atoms. The van der Waals surface area contributed by atoms with E-state index in [0.717, 1.165) is 13.1 Å². The maximum absolute atomic E-state index is 12.6. The van der Waals surface area contributed by atoms with Crippen LogP contribution < -0.4 is 10.6 Å². The highest BCUT2D eigenvalue weighted by Gasteiger charge is 2.26. The van der Waals surface area contributed by atoms with Crippen LogP contribution in [0, 0.1) is 0 Å². The van der Waals surface area contributed by atoms with Gasteiger partial charge in [0.25, 0.3) is 5.91 Å². The van der Waals surface area contributed by atoms with E-state index in [1.54, 1.807) is 36.1 Å². The van der Waals surface area contributed by atoms with Gasteiger partial charge in [0.1, 0.15) is 0 Å². The number of anilines is 1. The van der Waals surface area contributed by atoms with Crippen molar-refractivity contribution < 1.29 is 9.63 Å². The van der Waals surface area contributed by atoms with E-state index in [1.165, 1.54) is 5.69 Å². The van der Waals surface area contributed by atoms with Gasteiger partial charge in [-0.2, -0.15) is 0 Å². The Kier molecular flexibility index (Phi) is 6.19. The van der Waals surface area contributed by atoms with Crippen LogP contribution in [0.15, 0.2) is 59.8 Å². The highest BCUT2D eigenvalue weighted by molar-refractivity contribution is 6.30. The summed E-state index contributed by atoms with van der Waals surface area (Å²) in [4.78, 5) is 22.0. The highest BCUT2D eigenvalue weighted by atomic mass is 35.5. The van der Waals surface area contributed by atoms with Crippen LogP contribution in [0.4, 0.5) is 5.69 Å².